The minimum Gasteiger partial charge on any atom is -0.478 e. The molecule has 21 heavy (non-hydrogen) atoms. The monoisotopic (exact) mass is 290 g/mol. The van der Waals surface area contributed by atoms with Crippen LogP contribution in [0.2, 0.25) is 0 Å². The second kappa shape index (κ2) is 5.87. The van der Waals surface area contributed by atoms with Crippen LogP contribution in [0.1, 0.15) is 46.9 Å². The van der Waals surface area contributed by atoms with Crippen LogP contribution >= 0.6 is 0 Å². The zero-order valence-corrected chi connectivity index (χ0v) is 11.7. The Kier molecular flexibility index (Phi) is 4.16. The number of carboxylic acid groups (broad SMARTS) is 1. The van der Waals surface area contributed by atoms with Crippen molar-refractivity contribution in [2.45, 2.75) is 26.2 Å². The van der Waals surface area contributed by atoms with Gasteiger partial charge < -0.3 is 5.11 Å². The fourth-order valence-corrected chi connectivity index (χ4v) is 2.04. The molecule has 0 bridgehead atoms. The Hall–Kier alpha value is -2.50. The van der Waals surface area contributed by atoms with Gasteiger partial charge in [-0.15, -0.1) is 0 Å². The van der Waals surface area contributed by atoms with Crippen LogP contribution in [0.4, 0.5) is 4.39 Å². The van der Waals surface area contributed by atoms with Gasteiger partial charge in [0.05, 0.1) is 11.3 Å². The molecule has 0 radical (unpaired) electrons. The maximum atomic E-state index is 13.3. The molecule has 0 saturated carbocycles. The first kappa shape index (κ1) is 14.9. The Labute approximate surface area is 120 Å². The van der Waals surface area contributed by atoms with Gasteiger partial charge in [0.15, 0.2) is 0 Å². The molecule has 0 aliphatic heterocycles. The topological polar surface area (TPSA) is 83.0 Å². The number of aromatic nitrogens is 2. The number of H-pyrrole nitrogens is 1. The lowest BCUT2D eigenvalue weighted by atomic mass is 10.0. The zero-order chi connectivity index (χ0) is 15.6. The number of halogens is 1. The van der Waals surface area contributed by atoms with Crippen LogP contribution in [0.25, 0.3) is 0 Å². The SMILES string of the molecule is CC(C)c1cc(Cc2ccc(F)c(C(=O)O)c2)n[nH]c1=O. The molecule has 0 atom stereocenters. The molecule has 0 fully saturated rings. The van der Waals surface area contributed by atoms with Crippen LogP contribution in [0.15, 0.2) is 29.1 Å². The van der Waals surface area contributed by atoms with Gasteiger partial charge in [-0.1, -0.05) is 19.9 Å². The van der Waals surface area contributed by atoms with Crippen molar-refractivity contribution in [1.82, 2.24) is 10.2 Å². The van der Waals surface area contributed by atoms with Gasteiger partial charge in [0.2, 0.25) is 0 Å². The molecule has 0 unspecified atom stereocenters. The van der Waals surface area contributed by atoms with Crippen LogP contribution < -0.4 is 5.56 Å². The molecule has 2 N–H and O–H groups in total. The molecule has 1 heterocycles. The van der Waals surface area contributed by atoms with E-state index < -0.39 is 11.8 Å². The standard InChI is InChI=1S/C15H15FN2O3/c1-8(2)11-7-10(17-18-14(11)19)5-9-3-4-13(16)12(6-9)15(20)21/h3-4,6-8H,5H2,1-2H3,(H,18,19)(H,20,21). The van der Waals surface area contributed by atoms with Gasteiger partial charge in [-0.05, 0) is 29.7 Å². The first-order valence-corrected chi connectivity index (χ1v) is 6.48. The molecular weight excluding hydrogens is 275 g/mol. The van der Waals surface area contributed by atoms with E-state index in [2.05, 4.69) is 10.2 Å². The van der Waals surface area contributed by atoms with Crippen LogP contribution in [0.3, 0.4) is 0 Å². The summed E-state index contributed by atoms with van der Waals surface area (Å²) in [5, 5.41) is 15.3. The molecule has 1 aromatic heterocycles. The summed E-state index contributed by atoms with van der Waals surface area (Å²) in [7, 11) is 0. The van der Waals surface area contributed by atoms with E-state index in [1.807, 2.05) is 13.8 Å². The Morgan fingerprint density at radius 1 is 1.38 bits per heavy atom. The summed E-state index contributed by atoms with van der Waals surface area (Å²) < 4.78 is 13.3. The average Bonchev–Trinajstić information content (AvgIpc) is 2.42. The molecule has 0 amide bonds. The largest absolute Gasteiger partial charge is 0.478 e. The molecule has 0 spiro atoms. The maximum Gasteiger partial charge on any atom is 0.338 e. The van der Waals surface area contributed by atoms with E-state index in [1.165, 1.54) is 12.1 Å². The highest BCUT2D eigenvalue weighted by Gasteiger charge is 2.12. The van der Waals surface area contributed by atoms with E-state index in [1.54, 1.807) is 6.07 Å². The van der Waals surface area contributed by atoms with Gasteiger partial charge >= 0.3 is 5.97 Å². The summed E-state index contributed by atoms with van der Waals surface area (Å²) in [5.41, 5.74) is 1.21. The fourth-order valence-electron chi connectivity index (χ4n) is 2.04. The Morgan fingerprint density at radius 2 is 2.10 bits per heavy atom. The normalized spacial score (nSPS) is 10.9. The molecule has 110 valence electrons. The minimum absolute atomic E-state index is 0.0540. The van der Waals surface area contributed by atoms with Crippen molar-refractivity contribution in [1.29, 1.82) is 0 Å². The van der Waals surface area contributed by atoms with Gasteiger partial charge in [-0.3, -0.25) is 4.79 Å². The smallest absolute Gasteiger partial charge is 0.338 e. The second-order valence-electron chi connectivity index (χ2n) is 5.09. The number of aromatic amines is 1. The van der Waals surface area contributed by atoms with Gasteiger partial charge in [-0.2, -0.15) is 5.10 Å². The van der Waals surface area contributed by atoms with Gasteiger partial charge in [0.1, 0.15) is 5.82 Å². The van der Waals surface area contributed by atoms with E-state index in [9.17, 15) is 14.0 Å². The van der Waals surface area contributed by atoms with Crippen molar-refractivity contribution >= 4 is 5.97 Å². The van der Waals surface area contributed by atoms with Gasteiger partial charge in [0.25, 0.3) is 5.56 Å². The number of nitrogens with one attached hydrogen (secondary N) is 1. The quantitative estimate of drug-likeness (QED) is 0.905. The number of carboxylic acids is 1. The summed E-state index contributed by atoms with van der Waals surface area (Å²) in [4.78, 5) is 22.5. The van der Waals surface area contributed by atoms with Crippen molar-refractivity contribution < 1.29 is 14.3 Å². The molecular formula is C15H15FN2O3. The van der Waals surface area contributed by atoms with Crippen LogP contribution in [0, 0.1) is 5.82 Å². The molecule has 0 aliphatic carbocycles. The summed E-state index contributed by atoms with van der Waals surface area (Å²) in [6.07, 6.45) is 0.317. The second-order valence-corrected chi connectivity index (χ2v) is 5.09. The molecule has 1 aromatic carbocycles. The summed E-state index contributed by atoms with van der Waals surface area (Å²) in [5.74, 6) is -2.03. The number of hydrogen-bond acceptors (Lipinski definition) is 3. The van der Waals surface area contributed by atoms with Crippen LogP contribution in [-0.2, 0) is 6.42 Å². The summed E-state index contributed by atoms with van der Waals surface area (Å²) in [6.45, 7) is 3.80. The van der Waals surface area contributed by atoms with E-state index in [-0.39, 0.29) is 17.0 Å². The molecule has 2 aromatic rings. The van der Waals surface area contributed by atoms with Crippen LogP contribution in [0.5, 0.6) is 0 Å². The number of benzene rings is 1. The number of nitrogens with zero attached hydrogens (tertiary/aromatic N) is 1. The number of carbonyl (C=O) groups is 1. The Morgan fingerprint density at radius 3 is 2.71 bits per heavy atom. The van der Waals surface area contributed by atoms with Crippen LogP contribution in [-0.4, -0.2) is 21.3 Å². The lowest BCUT2D eigenvalue weighted by molar-refractivity contribution is 0.0691. The molecule has 0 saturated heterocycles. The Balaban J connectivity index is 2.34. The third-order valence-electron chi connectivity index (χ3n) is 3.15. The average molecular weight is 290 g/mol. The van der Waals surface area contributed by atoms with Crippen molar-refractivity contribution in [3.05, 3.63) is 62.8 Å². The zero-order valence-electron chi connectivity index (χ0n) is 11.7. The molecule has 5 nitrogen and oxygen atoms in total. The lowest BCUT2D eigenvalue weighted by Gasteiger charge is -2.07. The Bertz CT molecular complexity index is 738. The third-order valence-corrected chi connectivity index (χ3v) is 3.15. The predicted molar refractivity (Wildman–Crippen MR) is 75.1 cm³/mol. The molecule has 0 aliphatic rings. The number of hydrogen-bond donors (Lipinski definition) is 2. The summed E-state index contributed by atoms with van der Waals surface area (Å²) >= 11 is 0. The molecule has 2 rings (SSSR count). The van der Waals surface area contributed by atoms with E-state index in [0.717, 1.165) is 6.07 Å². The highest BCUT2D eigenvalue weighted by Crippen LogP contribution is 2.15. The van der Waals surface area contributed by atoms with E-state index in [4.69, 9.17) is 5.11 Å². The van der Waals surface area contributed by atoms with Gasteiger partial charge in [-0.25, -0.2) is 14.3 Å². The van der Waals surface area contributed by atoms with Gasteiger partial charge in [0, 0.05) is 12.0 Å². The highest BCUT2D eigenvalue weighted by molar-refractivity contribution is 5.88. The van der Waals surface area contributed by atoms with Crippen molar-refractivity contribution in [2.24, 2.45) is 0 Å². The highest BCUT2D eigenvalue weighted by atomic mass is 19.1. The third kappa shape index (κ3) is 3.34. The van der Waals surface area contributed by atoms with Crippen molar-refractivity contribution in [2.75, 3.05) is 0 Å². The van der Waals surface area contributed by atoms with E-state index >= 15 is 0 Å². The maximum absolute atomic E-state index is 13.3. The number of rotatable bonds is 4. The fraction of sp³-hybridized carbons (Fsp3) is 0.267. The van der Waals surface area contributed by atoms with Crippen molar-refractivity contribution in [3.63, 3.8) is 0 Å². The molecule has 6 heteroatoms. The first-order chi connectivity index (χ1) is 9.88. The lowest BCUT2D eigenvalue weighted by Crippen LogP contribution is -2.17. The first-order valence-electron chi connectivity index (χ1n) is 6.48. The minimum atomic E-state index is -1.31. The number of aromatic carboxylic acids is 1. The predicted octanol–water partition coefficient (Wildman–Crippen LogP) is 2.32. The van der Waals surface area contributed by atoms with E-state index in [0.29, 0.717) is 23.2 Å². The summed E-state index contributed by atoms with van der Waals surface area (Å²) in [6, 6.07) is 5.59. The van der Waals surface area contributed by atoms with Crippen molar-refractivity contribution in [3.8, 4) is 0 Å².